The third kappa shape index (κ3) is 2.71. The van der Waals surface area contributed by atoms with Gasteiger partial charge in [-0.2, -0.15) is 0 Å². The fraction of sp³-hybridized carbons (Fsp3) is 0.286. The van der Waals surface area contributed by atoms with Gasteiger partial charge in [0.2, 0.25) is 5.91 Å². The summed E-state index contributed by atoms with van der Waals surface area (Å²) < 4.78 is 0. The Balaban J connectivity index is 1.46. The summed E-state index contributed by atoms with van der Waals surface area (Å²) in [5, 5.41) is 4.44. The molecule has 3 nitrogen and oxygen atoms in total. The molecule has 24 heavy (non-hydrogen) atoms. The van der Waals surface area contributed by atoms with Crippen LogP contribution in [0.1, 0.15) is 29.5 Å². The topological polar surface area (TPSA) is 44.9 Å². The van der Waals surface area contributed by atoms with Crippen LogP contribution in [0, 0.1) is 6.92 Å². The molecule has 2 aromatic carbocycles. The third-order valence-electron chi connectivity index (χ3n) is 5.25. The number of fused-ring (bicyclic) bond motifs is 1. The number of carbonyl (C=O) groups excluding carboxylic acids is 1. The quantitative estimate of drug-likeness (QED) is 0.737. The molecule has 0 spiro atoms. The molecule has 3 aromatic rings. The predicted octanol–water partition coefficient (Wildman–Crippen LogP) is 3.87. The number of para-hydroxylation sites is 1. The van der Waals surface area contributed by atoms with E-state index in [0.717, 1.165) is 24.9 Å². The van der Waals surface area contributed by atoms with E-state index in [4.69, 9.17) is 0 Å². The number of nitrogens with one attached hydrogen (secondary N) is 2. The van der Waals surface area contributed by atoms with Gasteiger partial charge in [0.05, 0.1) is 6.42 Å². The second kappa shape index (κ2) is 5.82. The van der Waals surface area contributed by atoms with Crippen LogP contribution in [0.5, 0.6) is 0 Å². The van der Waals surface area contributed by atoms with Gasteiger partial charge in [-0.05, 0) is 42.5 Å². The van der Waals surface area contributed by atoms with Crippen molar-refractivity contribution < 1.29 is 4.79 Å². The number of aromatic amines is 1. The summed E-state index contributed by atoms with van der Waals surface area (Å²) in [5.41, 5.74) is 4.90. The molecule has 4 rings (SSSR count). The SMILES string of the molecule is Cc1ccccc1CC(=O)NCC1(c2c[nH]c3ccccc23)CC1. The minimum atomic E-state index is 0.107. The Morgan fingerprint density at radius 2 is 1.88 bits per heavy atom. The number of amides is 1. The van der Waals surface area contributed by atoms with E-state index in [9.17, 15) is 4.79 Å². The molecule has 2 N–H and O–H groups in total. The summed E-state index contributed by atoms with van der Waals surface area (Å²) in [7, 11) is 0. The summed E-state index contributed by atoms with van der Waals surface area (Å²) in [5.74, 6) is 0.107. The van der Waals surface area contributed by atoms with Crippen LogP contribution in [0.3, 0.4) is 0 Å². The standard InChI is InChI=1S/C21H22N2O/c1-15-6-2-3-7-16(15)12-20(24)23-14-21(10-11-21)18-13-22-19-9-5-4-8-17(18)19/h2-9,13,22H,10-12,14H2,1H3,(H,23,24). The second-order valence-corrected chi connectivity index (χ2v) is 6.91. The second-order valence-electron chi connectivity index (χ2n) is 6.91. The lowest BCUT2D eigenvalue weighted by Crippen LogP contribution is -2.33. The van der Waals surface area contributed by atoms with Gasteiger partial charge in [0.25, 0.3) is 0 Å². The number of aryl methyl sites for hydroxylation is 1. The molecule has 1 fully saturated rings. The molecule has 0 atom stereocenters. The molecule has 0 saturated heterocycles. The smallest absolute Gasteiger partial charge is 0.224 e. The molecule has 0 unspecified atom stereocenters. The van der Waals surface area contributed by atoms with Crippen molar-refractivity contribution in [2.75, 3.05) is 6.54 Å². The Labute approximate surface area is 142 Å². The monoisotopic (exact) mass is 318 g/mol. The van der Waals surface area contributed by atoms with Gasteiger partial charge in [-0.3, -0.25) is 4.79 Å². The number of hydrogen-bond acceptors (Lipinski definition) is 1. The van der Waals surface area contributed by atoms with Gasteiger partial charge in [0, 0.05) is 29.1 Å². The number of H-pyrrole nitrogens is 1. The average molecular weight is 318 g/mol. The average Bonchev–Trinajstić information content (AvgIpc) is 3.26. The number of rotatable bonds is 5. The fourth-order valence-electron chi connectivity index (χ4n) is 3.51. The van der Waals surface area contributed by atoms with Crippen molar-refractivity contribution in [3.63, 3.8) is 0 Å². The van der Waals surface area contributed by atoms with Crippen LogP contribution in [-0.4, -0.2) is 17.4 Å². The first-order valence-corrected chi connectivity index (χ1v) is 8.56. The van der Waals surface area contributed by atoms with Crippen molar-refractivity contribution >= 4 is 16.8 Å². The van der Waals surface area contributed by atoms with Crippen molar-refractivity contribution in [1.82, 2.24) is 10.3 Å². The summed E-state index contributed by atoms with van der Waals surface area (Å²) in [4.78, 5) is 15.7. The first-order chi connectivity index (χ1) is 11.7. The molecule has 0 aliphatic heterocycles. The van der Waals surface area contributed by atoms with E-state index < -0.39 is 0 Å². The van der Waals surface area contributed by atoms with E-state index in [0.29, 0.717) is 6.42 Å². The third-order valence-corrected chi connectivity index (χ3v) is 5.25. The molecule has 0 radical (unpaired) electrons. The van der Waals surface area contributed by atoms with Gasteiger partial charge in [-0.1, -0.05) is 42.5 Å². The highest BCUT2D eigenvalue weighted by molar-refractivity contribution is 5.85. The van der Waals surface area contributed by atoms with Gasteiger partial charge >= 0.3 is 0 Å². The van der Waals surface area contributed by atoms with E-state index in [1.807, 2.05) is 24.3 Å². The van der Waals surface area contributed by atoms with Crippen molar-refractivity contribution in [3.8, 4) is 0 Å². The molecule has 1 heterocycles. The maximum absolute atomic E-state index is 12.4. The van der Waals surface area contributed by atoms with E-state index in [1.165, 1.54) is 22.0 Å². The van der Waals surface area contributed by atoms with Gasteiger partial charge in [0.1, 0.15) is 0 Å². The van der Waals surface area contributed by atoms with Crippen LogP contribution in [0.25, 0.3) is 10.9 Å². The maximum Gasteiger partial charge on any atom is 0.224 e. The van der Waals surface area contributed by atoms with Crippen molar-refractivity contribution in [2.24, 2.45) is 0 Å². The molecule has 1 aliphatic carbocycles. The molecule has 1 saturated carbocycles. The number of benzene rings is 2. The minimum Gasteiger partial charge on any atom is -0.361 e. The minimum absolute atomic E-state index is 0.107. The molecule has 3 heteroatoms. The molecular formula is C21H22N2O. The Kier molecular flexibility index (Phi) is 3.64. The Hall–Kier alpha value is -2.55. The lowest BCUT2D eigenvalue weighted by Gasteiger charge is -2.16. The molecule has 122 valence electrons. The van der Waals surface area contributed by atoms with Crippen LogP contribution in [-0.2, 0) is 16.6 Å². The largest absolute Gasteiger partial charge is 0.361 e. The van der Waals surface area contributed by atoms with Gasteiger partial charge < -0.3 is 10.3 Å². The highest BCUT2D eigenvalue weighted by atomic mass is 16.1. The molecule has 0 bridgehead atoms. The molecular weight excluding hydrogens is 296 g/mol. The van der Waals surface area contributed by atoms with E-state index in [-0.39, 0.29) is 11.3 Å². The van der Waals surface area contributed by atoms with Crippen molar-refractivity contribution in [2.45, 2.75) is 31.6 Å². The highest BCUT2D eigenvalue weighted by Crippen LogP contribution is 2.49. The lowest BCUT2D eigenvalue weighted by atomic mass is 9.95. The van der Waals surface area contributed by atoms with E-state index >= 15 is 0 Å². The van der Waals surface area contributed by atoms with Crippen molar-refractivity contribution in [1.29, 1.82) is 0 Å². The zero-order chi connectivity index (χ0) is 16.6. The van der Waals surface area contributed by atoms with Crippen LogP contribution < -0.4 is 5.32 Å². The molecule has 1 aliphatic rings. The van der Waals surface area contributed by atoms with E-state index in [1.54, 1.807) is 0 Å². The normalized spacial score (nSPS) is 15.4. The summed E-state index contributed by atoms with van der Waals surface area (Å²) in [6.45, 7) is 2.77. The summed E-state index contributed by atoms with van der Waals surface area (Å²) in [6.07, 6.45) is 4.85. The predicted molar refractivity (Wildman–Crippen MR) is 97.1 cm³/mol. The zero-order valence-corrected chi connectivity index (χ0v) is 13.9. The Bertz CT molecular complexity index is 889. The van der Waals surface area contributed by atoms with Crippen LogP contribution in [0.2, 0.25) is 0 Å². The van der Waals surface area contributed by atoms with E-state index in [2.05, 4.69) is 47.7 Å². The van der Waals surface area contributed by atoms with Crippen LogP contribution >= 0.6 is 0 Å². The van der Waals surface area contributed by atoms with Gasteiger partial charge in [0.15, 0.2) is 0 Å². The number of aromatic nitrogens is 1. The van der Waals surface area contributed by atoms with Crippen LogP contribution in [0.4, 0.5) is 0 Å². The Morgan fingerprint density at radius 3 is 2.67 bits per heavy atom. The Morgan fingerprint density at radius 1 is 1.12 bits per heavy atom. The zero-order valence-electron chi connectivity index (χ0n) is 13.9. The van der Waals surface area contributed by atoms with Crippen LogP contribution in [0.15, 0.2) is 54.7 Å². The summed E-state index contributed by atoms with van der Waals surface area (Å²) in [6, 6.07) is 16.5. The first-order valence-electron chi connectivity index (χ1n) is 8.56. The molecule has 1 aromatic heterocycles. The number of carbonyl (C=O) groups is 1. The maximum atomic E-state index is 12.4. The van der Waals surface area contributed by atoms with Crippen molar-refractivity contribution in [3.05, 3.63) is 71.4 Å². The fourth-order valence-corrected chi connectivity index (χ4v) is 3.51. The first kappa shape index (κ1) is 15.0. The number of hydrogen-bond donors (Lipinski definition) is 2. The highest BCUT2D eigenvalue weighted by Gasteiger charge is 2.45. The molecule has 1 amide bonds. The van der Waals surface area contributed by atoms with Gasteiger partial charge in [-0.25, -0.2) is 0 Å². The lowest BCUT2D eigenvalue weighted by molar-refractivity contribution is -0.120. The summed E-state index contributed by atoms with van der Waals surface area (Å²) >= 11 is 0. The van der Waals surface area contributed by atoms with Gasteiger partial charge in [-0.15, -0.1) is 0 Å².